The lowest BCUT2D eigenvalue weighted by atomic mass is 9.74. The summed E-state index contributed by atoms with van der Waals surface area (Å²) in [5.74, 6) is 0.495. The Morgan fingerprint density at radius 1 is 1.46 bits per heavy atom. The van der Waals surface area contributed by atoms with Crippen molar-refractivity contribution in [2.45, 2.75) is 24.8 Å². The van der Waals surface area contributed by atoms with Crippen molar-refractivity contribution in [2.24, 2.45) is 5.92 Å². The zero-order valence-corrected chi connectivity index (χ0v) is 15.5. The van der Waals surface area contributed by atoms with E-state index in [4.69, 9.17) is 5.11 Å². The van der Waals surface area contributed by atoms with Gasteiger partial charge in [0.2, 0.25) is 5.91 Å². The monoisotopic (exact) mass is 356 g/mol. The van der Waals surface area contributed by atoms with Crippen molar-refractivity contribution in [2.75, 3.05) is 45.7 Å². The molecule has 2 aliphatic heterocycles. The number of likely N-dealkylation sites (N-methyl/N-ethyl adjacent to an activating group) is 1. The molecule has 1 amide bonds. The second-order valence-electron chi connectivity index (χ2n) is 7.65. The molecule has 4 rings (SSSR count). The third-order valence-electron chi connectivity index (χ3n) is 5.96. The summed E-state index contributed by atoms with van der Waals surface area (Å²) in [4.78, 5) is 15.2. The van der Waals surface area contributed by atoms with Crippen molar-refractivity contribution in [3.05, 3.63) is 35.4 Å². The van der Waals surface area contributed by atoms with Crippen molar-refractivity contribution in [1.82, 2.24) is 15.3 Å². The van der Waals surface area contributed by atoms with Gasteiger partial charge in [0.1, 0.15) is 0 Å². The van der Waals surface area contributed by atoms with Crippen LogP contribution in [-0.2, 0) is 4.79 Å². The van der Waals surface area contributed by atoms with Crippen molar-refractivity contribution in [3.8, 4) is 0 Å². The number of nitrogens with zero attached hydrogens (tertiary/aromatic N) is 2. The third-order valence-corrected chi connectivity index (χ3v) is 5.96. The number of amides is 1. The molecule has 0 saturated carbocycles. The van der Waals surface area contributed by atoms with E-state index in [1.807, 2.05) is 0 Å². The normalized spacial score (nSPS) is 26.6. The van der Waals surface area contributed by atoms with Crippen molar-refractivity contribution in [3.63, 3.8) is 0 Å². The highest BCUT2D eigenvalue weighted by Crippen LogP contribution is 2.48. The summed E-state index contributed by atoms with van der Waals surface area (Å²) in [5, 5.41) is 14.0. The molecular weight excluding hydrogens is 328 g/mol. The predicted octanol–water partition coefficient (Wildman–Crippen LogP) is 1.26. The van der Waals surface area contributed by atoms with Gasteiger partial charge in [-0.3, -0.25) is 14.7 Å². The quantitative estimate of drug-likeness (QED) is 0.547. The minimum Gasteiger partial charge on any atom is -0.396 e. The maximum atomic E-state index is 12.9. The van der Waals surface area contributed by atoms with Gasteiger partial charge in [0.05, 0.1) is 5.92 Å². The largest absolute Gasteiger partial charge is 0.396 e. The molecule has 0 saturated heterocycles. The summed E-state index contributed by atoms with van der Waals surface area (Å²) in [7, 11) is 3.90. The molecule has 0 aromatic heterocycles. The molecule has 1 aromatic carbocycles. The van der Waals surface area contributed by atoms with Crippen LogP contribution in [0.5, 0.6) is 0 Å². The van der Waals surface area contributed by atoms with Crippen LogP contribution < -0.4 is 10.7 Å². The Hall–Kier alpha value is -1.89. The van der Waals surface area contributed by atoms with Crippen LogP contribution in [0.15, 0.2) is 24.3 Å². The fourth-order valence-corrected chi connectivity index (χ4v) is 4.65. The minimum atomic E-state index is -0.153. The zero-order chi connectivity index (χ0) is 18.3. The first-order valence-corrected chi connectivity index (χ1v) is 9.51. The molecule has 3 atom stereocenters. The van der Waals surface area contributed by atoms with Gasteiger partial charge in [-0.25, -0.2) is 5.43 Å². The van der Waals surface area contributed by atoms with Gasteiger partial charge >= 0.3 is 0 Å². The number of carbonyl (C=O) groups is 1. The van der Waals surface area contributed by atoms with E-state index in [2.05, 4.69) is 47.0 Å². The lowest BCUT2D eigenvalue weighted by Crippen LogP contribution is -2.50. The van der Waals surface area contributed by atoms with E-state index in [9.17, 15) is 4.79 Å². The number of carbonyl (C=O) groups excluding carboxylic acids is 1. The fourth-order valence-electron chi connectivity index (χ4n) is 4.65. The Labute approximate surface area is 154 Å². The first-order chi connectivity index (χ1) is 12.6. The molecule has 3 aliphatic rings. The van der Waals surface area contributed by atoms with E-state index < -0.39 is 0 Å². The summed E-state index contributed by atoms with van der Waals surface area (Å²) < 4.78 is 0. The second kappa shape index (κ2) is 7.02. The number of hydrazine groups is 1. The Balaban J connectivity index is 1.61. The van der Waals surface area contributed by atoms with E-state index in [0.717, 1.165) is 19.5 Å². The van der Waals surface area contributed by atoms with Crippen molar-refractivity contribution in [1.29, 1.82) is 0 Å². The number of aliphatic hydroxyl groups excluding tert-OH is 1. The molecule has 140 valence electrons. The number of anilines is 1. The molecule has 6 heteroatoms. The van der Waals surface area contributed by atoms with Gasteiger partial charge in [0.15, 0.2) is 0 Å². The number of benzene rings is 1. The van der Waals surface area contributed by atoms with Crippen LogP contribution >= 0.6 is 0 Å². The molecule has 0 spiro atoms. The predicted molar refractivity (Wildman–Crippen MR) is 103 cm³/mol. The van der Waals surface area contributed by atoms with Crippen LogP contribution in [0.2, 0.25) is 0 Å². The summed E-state index contributed by atoms with van der Waals surface area (Å²) in [6.45, 7) is 2.49. The van der Waals surface area contributed by atoms with Crippen LogP contribution in [0.4, 0.5) is 5.69 Å². The fraction of sp³-hybridized carbons (Fsp3) is 0.550. The molecule has 26 heavy (non-hydrogen) atoms. The lowest BCUT2D eigenvalue weighted by Gasteiger charge is -2.42. The van der Waals surface area contributed by atoms with Crippen LogP contribution in [0.3, 0.4) is 0 Å². The summed E-state index contributed by atoms with van der Waals surface area (Å²) >= 11 is 0. The zero-order valence-electron chi connectivity index (χ0n) is 15.5. The molecular formula is C20H28N4O2. The number of hydrogen-bond acceptors (Lipinski definition) is 5. The molecule has 1 aromatic rings. The summed E-state index contributed by atoms with van der Waals surface area (Å²) in [5.41, 5.74) is 8.39. The first-order valence-electron chi connectivity index (χ1n) is 9.51. The van der Waals surface area contributed by atoms with Crippen molar-refractivity contribution < 1.29 is 9.90 Å². The minimum absolute atomic E-state index is 0.0774. The SMILES string of the molecule is CN(NCCCO)C(=O)C1C=C2c3cccc4c3C(CN4)CC2N(C)C1. The van der Waals surface area contributed by atoms with Gasteiger partial charge in [0, 0.05) is 50.9 Å². The molecule has 2 heterocycles. The molecule has 0 fully saturated rings. The van der Waals surface area contributed by atoms with Crippen LogP contribution in [0.25, 0.3) is 5.57 Å². The molecule has 0 bridgehead atoms. The number of nitrogens with one attached hydrogen (secondary N) is 2. The number of aliphatic hydroxyl groups is 1. The van der Waals surface area contributed by atoms with E-state index in [1.165, 1.54) is 22.4 Å². The molecule has 6 nitrogen and oxygen atoms in total. The van der Waals surface area contributed by atoms with Gasteiger partial charge in [-0.1, -0.05) is 18.2 Å². The Bertz CT molecular complexity index is 733. The lowest BCUT2D eigenvalue weighted by molar-refractivity contribution is -0.136. The van der Waals surface area contributed by atoms with Gasteiger partial charge in [0.25, 0.3) is 0 Å². The molecule has 1 aliphatic carbocycles. The van der Waals surface area contributed by atoms with Gasteiger partial charge in [-0.2, -0.15) is 0 Å². The van der Waals surface area contributed by atoms with Gasteiger partial charge in [-0.15, -0.1) is 0 Å². The Morgan fingerprint density at radius 3 is 3.12 bits per heavy atom. The molecule has 3 unspecified atom stereocenters. The highest BCUT2D eigenvalue weighted by molar-refractivity contribution is 5.87. The van der Waals surface area contributed by atoms with Crippen molar-refractivity contribution >= 4 is 17.2 Å². The maximum absolute atomic E-state index is 12.9. The second-order valence-corrected chi connectivity index (χ2v) is 7.65. The van der Waals surface area contributed by atoms with Crippen LogP contribution in [0.1, 0.15) is 29.9 Å². The highest BCUT2D eigenvalue weighted by atomic mass is 16.3. The number of hydrogen-bond donors (Lipinski definition) is 3. The van der Waals surface area contributed by atoms with E-state index in [-0.39, 0.29) is 18.4 Å². The van der Waals surface area contributed by atoms with Crippen LogP contribution in [0, 0.1) is 5.92 Å². The topological polar surface area (TPSA) is 67.8 Å². The number of rotatable bonds is 5. The average molecular weight is 356 g/mol. The van der Waals surface area contributed by atoms with Gasteiger partial charge < -0.3 is 10.4 Å². The number of fused-ring (bicyclic) bond motifs is 2. The first kappa shape index (κ1) is 17.5. The van der Waals surface area contributed by atoms with E-state index in [1.54, 1.807) is 12.1 Å². The smallest absolute Gasteiger partial charge is 0.244 e. The van der Waals surface area contributed by atoms with E-state index in [0.29, 0.717) is 24.9 Å². The third kappa shape index (κ3) is 2.92. The Kier molecular flexibility index (Phi) is 4.73. The van der Waals surface area contributed by atoms with E-state index >= 15 is 0 Å². The molecule has 0 radical (unpaired) electrons. The maximum Gasteiger partial charge on any atom is 0.244 e. The average Bonchev–Trinajstić information content (AvgIpc) is 3.06. The Morgan fingerprint density at radius 2 is 2.31 bits per heavy atom. The highest BCUT2D eigenvalue weighted by Gasteiger charge is 2.41. The molecule has 3 N–H and O–H groups in total. The standard InChI is InChI=1S/C20H28N4O2/c1-23-12-14(20(26)24(2)22-7-4-8-25)9-16-15-5-3-6-17-19(15)13(11-21-17)10-18(16)23/h3,5-6,9,13-14,18,21-22,25H,4,7-8,10-12H2,1-2H3. The van der Waals surface area contributed by atoms with Gasteiger partial charge in [-0.05, 0) is 42.7 Å². The summed E-state index contributed by atoms with van der Waals surface area (Å²) in [6.07, 6.45) is 3.95. The summed E-state index contributed by atoms with van der Waals surface area (Å²) in [6, 6.07) is 6.87. The van der Waals surface area contributed by atoms with Crippen LogP contribution in [-0.4, -0.2) is 67.3 Å².